The summed E-state index contributed by atoms with van der Waals surface area (Å²) in [6.45, 7) is 1.62. The lowest BCUT2D eigenvalue weighted by Gasteiger charge is -2.14. The number of hydrogen-bond donors (Lipinski definition) is 1. The number of alkyl halides is 4. The van der Waals surface area contributed by atoms with Crippen molar-refractivity contribution < 1.29 is 22.4 Å². The van der Waals surface area contributed by atoms with E-state index in [0.717, 1.165) is 6.20 Å². The molecule has 0 radical (unpaired) electrons. The van der Waals surface area contributed by atoms with Gasteiger partial charge in [-0.25, -0.2) is 8.78 Å². The quantitative estimate of drug-likeness (QED) is 0.817. The van der Waals surface area contributed by atoms with Crippen LogP contribution in [0.3, 0.4) is 0 Å². The van der Waals surface area contributed by atoms with E-state index in [2.05, 4.69) is 4.98 Å². The van der Waals surface area contributed by atoms with Crippen LogP contribution in [0.4, 0.5) is 23.2 Å². The van der Waals surface area contributed by atoms with Gasteiger partial charge in [-0.05, 0) is 18.6 Å². The third-order valence-corrected chi connectivity index (χ3v) is 1.71. The minimum Gasteiger partial charge on any atom is -0.319 e. The number of halogens is 4. The first-order chi connectivity index (χ1) is 7.34. The molecule has 0 unspecified atom stereocenters. The molecule has 1 N–H and O–H groups in total. The molecule has 0 saturated heterocycles. The molecule has 7 heteroatoms. The van der Waals surface area contributed by atoms with Crippen molar-refractivity contribution >= 4 is 11.6 Å². The predicted octanol–water partition coefficient (Wildman–Crippen LogP) is 2.23. The van der Waals surface area contributed by atoms with Crippen molar-refractivity contribution in [1.29, 1.82) is 0 Å². The number of amides is 1. The van der Waals surface area contributed by atoms with Crippen LogP contribution in [0.15, 0.2) is 18.5 Å². The van der Waals surface area contributed by atoms with Crippen LogP contribution in [0.5, 0.6) is 0 Å². The minimum atomic E-state index is -4.70. The average molecular weight is 236 g/mol. The van der Waals surface area contributed by atoms with Crippen molar-refractivity contribution in [3.05, 3.63) is 24.0 Å². The van der Waals surface area contributed by atoms with E-state index in [9.17, 15) is 22.4 Å². The Morgan fingerprint density at radius 1 is 1.44 bits per heavy atom. The number of nitrogens with zero attached hydrogens (tertiary/aromatic N) is 1. The molecule has 1 heterocycles. The first-order valence-electron chi connectivity index (χ1n) is 4.23. The molecule has 88 valence electrons. The maximum atomic E-state index is 12.5. The molecule has 1 amide bonds. The Bertz CT molecular complexity index is 395. The summed E-state index contributed by atoms with van der Waals surface area (Å²) in [6.07, 6.45) is -1.52. The summed E-state index contributed by atoms with van der Waals surface area (Å²) in [6, 6.07) is 1.34. The van der Waals surface area contributed by atoms with Crippen LogP contribution in [0.25, 0.3) is 0 Å². The third kappa shape index (κ3) is 2.68. The van der Waals surface area contributed by atoms with Gasteiger partial charge in [0.1, 0.15) is 0 Å². The summed E-state index contributed by atoms with van der Waals surface area (Å²) >= 11 is 0. The van der Waals surface area contributed by atoms with Crippen molar-refractivity contribution in [3.8, 4) is 0 Å². The van der Waals surface area contributed by atoms with Crippen LogP contribution in [0.2, 0.25) is 0 Å². The highest BCUT2D eigenvalue weighted by molar-refractivity contribution is 5.96. The summed E-state index contributed by atoms with van der Waals surface area (Å²) in [4.78, 5) is 14.4. The summed E-state index contributed by atoms with van der Waals surface area (Å²) < 4.78 is 48.7. The summed E-state index contributed by atoms with van der Waals surface area (Å²) in [5.74, 6) is -6.75. The normalized spacial score (nSPS) is 11.6. The molecule has 3 nitrogen and oxygen atoms in total. The van der Waals surface area contributed by atoms with Crippen LogP contribution in [0, 0.1) is 6.92 Å². The molecule has 0 saturated carbocycles. The van der Waals surface area contributed by atoms with Crippen molar-refractivity contribution in [3.63, 3.8) is 0 Å². The number of nitrogens with one attached hydrogen (secondary N) is 1. The molecule has 1 rings (SSSR count). The highest BCUT2D eigenvalue weighted by Gasteiger charge is 2.48. The van der Waals surface area contributed by atoms with E-state index < -0.39 is 18.3 Å². The lowest BCUT2D eigenvalue weighted by molar-refractivity contribution is -0.163. The fraction of sp³-hybridized carbons (Fsp3) is 0.333. The summed E-state index contributed by atoms with van der Waals surface area (Å²) in [5, 5.41) is 1.67. The minimum absolute atomic E-state index is 0.0506. The van der Waals surface area contributed by atoms with Gasteiger partial charge in [-0.1, -0.05) is 0 Å². The van der Waals surface area contributed by atoms with Crippen LogP contribution in [-0.2, 0) is 4.79 Å². The molecule has 0 aromatic carbocycles. The zero-order valence-electron chi connectivity index (χ0n) is 8.18. The van der Waals surface area contributed by atoms with Gasteiger partial charge in [0.05, 0.1) is 11.9 Å². The number of rotatable bonds is 3. The molecule has 0 bridgehead atoms. The second-order valence-electron chi connectivity index (χ2n) is 3.13. The van der Waals surface area contributed by atoms with Crippen molar-refractivity contribution in [2.75, 3.05) is 5.32 Å². The summed E-state index contributed by atoms with van der Waals surface area (Å²) in [5.41, 5.74) is 0.559. The Morgan fingerprint density at radius 2 is 2.06 bits per heavy atom. The molecule has 0 aliphatic rings. The van der Waals surface area contributed by atoms with E-state index in [0.29, 0.717) is 5.56 Å². The molecule has 0 aliphatic carbocycles. The molecule has 0 spiro atoms. The number of carbonyl (C=O) groups is 1. The van der Waals surface area contributed by atoms with E-state index in [1.165, 1.54) is 12.3 Å². The van der Waals surface area contributed by atoms with E-state index in [1.54, 1.807) is 12.2 Å². The third-order valence-electron chi connectivity index (χ3n) is 1.71. The average Bonchev–Trinajstić information content (AvgIpc) is 2.17. The van der Waals surface area contributed by atoms with Gasteiger partial charge in [-0.3, -0.25) is 9.78 Å². The number of aryl methyl sites for hydroxylation is 1. The van der Waals surface area contributed by atoms with Crippen molar-refractivity contribution in [2.45, 2.75) is 19.3 Å². The smallest absolute Gasteiger partial charge is 0.319 e. The van der Waals surface area contributed by atoms with Crippen LogP contribution >= 0.6 is 0 Å². The molecular weight excluding hydrogens is 228 g/mol. The van der Waals surface area contributed by atoms with Gasteiger partial charge >= 0.3 is 18.3 Å². The van der Waals surface area contributed by atoms with Crippen molar-refractivity contribution in [1.82, 2.24) is 4.98 Å². The lowest BCUT2D eigenvalue weighted by atomic mass is 10.2. The predicted molar refractivity (Wildman–Crippen MR) is 48.6 cm³/mol. The number of hydrogen-bond acceptors (Lipinski definition) is 2. The van der Waals surface area contributed by atoms with Gasteiger partial charge < -0.3 is 5.32 Å². The number of pyridine rings is 1. The number of aromatic nitrogens is 1. The maximum Gasteiger partial charge on any atom is 0.383 e. The van der Waals surface area contributed by atoms with Gasteiger partial charge in [0.15, 0.2) is 0 Å². The maximum absolute atomic E-state index is 12.5. The van der Waals surface area contributed by atoms with Crippen LogP contribution < -0.4 is 5.32 Å². The van der Waals surface area contributed by atoms with E-state index in [1.807, 2.05) is 0 Å². The Hall–Kier alpha value is -1.66. The molecule has 1 aromatic rings. The van der Waals surface area contributed by atoms with Crippen LogP contribution in [0.1, 0.15) is 5.56 Å². The van der Waals surface area contributed by atoms with Gasteiger partial charge in [-0.15, -0.1) is 0 Å². The Labute approximate surface area is 88.5 Å². The fourth-order valence-corrected chi connectivity index (χ4v) is 0.937. The largest absolute Gasteiger partial charge is 0.383 e. The SMILES string of the molecule is Cc1cncc(NC(=O)C(F)(F)C(F)F)c1. The summed E-state index contributed by atoms with van der Waals surface area (Å²) in [7, 11) is 0. The van der Waals surface area contributed by atoms with Crippen molar-refractivity contribution in [2.24, 2.45) is 0 Å². The molecule has 0 atom stereocenters. The Morgan fingerprint density at radius 3 is 2.56 bits per heavy atom. The Kier molecular flexibility index (Phi) is 3.46. The number of carbonyl (C=O) groups excluding carboxylic acids is 1. The second kappa shape index (κ2) is 4.46. The lowest BCUT2D eigenvalue weighted by Crippen LogP contribution is -2.41. The standard InChI is InChI=1S/C9H8F4N2O/c1-5-2-6(4-14-3-5)15-8(16)9(12,13)7(10)11/h2-4,7H,1H3,(H,15,16). The van der Waals surface area contributed by atoms with E-state index >= 15 is 0 Å². The van der Waals surface area contributed by atoms with Crippen LogP contribution in [-0.4, -0.2) is 23.2 Å². The zero-order valence-corrected chi connectivity index (χ0v) is 8.18. The molecule has 1 aromatic heterocycles. The zero-order chi connectivity index (χ0) is 12.3. The highest BCUT2D eigenvalue weighted by Crippen LogP contribution is 2.24. The highest BCUT2D eigenvalue weighted by atomic mass is 19.3. The number of anilines is 1. The molecule has 0 fully saturated rings. The van der Waals surface area contributed by atoms with Gasteiger partial charge in [0.25, 0.3) is 0 Å². The molecule has 0 aliphatic heterocycles. The monoisotopic (exact) mass is 236 g/mol. The van der Waals surface area contributed by atoms with Gasteiger partial charge in [0, 0.05) is 6.20 Å². The van der Waals surface area contributed by atoms with E-state index in [4.69, 9.17) is 0 Å². The Balaban J connectivity index is 2.79. The second-order valence-corrected chi connectivity index (χ2v) is 3.13. The van der Waals surface area contributed by atoms with E-state index in [-0.39, 0.29) is 5.69 Å². The molecular formula is C9H8F4N2O. The van der Waals surface area contributed by atoms with Gasteiger partial charge in [-0.2, -0.15) is 8.78 Å². The van der Waals surface area contributed by atoms with Gasteiger partial charge in [0.2, 0.25) is 0 Å². The first kappa shape index (κ1) is 12.4. The topological polar surface area (TPSA) is 42.0 Å². The first-order valence-corrected chi connectivity index (χ1v) is 4.23. The molecule has 16 heavy (non-hydrogen) atoms. The fourth-order valence-electron chi connectivity index (χ4n) is 0.937.